The number of anilines is 2. The lowest BCUT2D eigenvalue weighted by Gasteiger charge is -2.32. The lowest BCUT2D eigenvalue weighted by Crippen LogP contribution is -2.38. The summed E-state index contributed by atoms with van der Waals surface area (Å²) in [5.74, 6) is 1.59. The SMILES string of the molecule is C1COCCN1.CC(=O)c1ccc(Br)nc1.CC(c1ccc(Br)nc1)N1CCOCC1.CC(c1ccc(N)nc1)N1CCOCC1.CC(c1ccc(NC(=O)C2CC2)nc1)N1CCOCC1. The third kappa shape index (κ3) is 19.1. The van der Waals surface area contributed by atoms with Crippen molar-refractivity contribution < 1.29 is 28.5 Å². The van der Waals surface area contributed by atoms with Crippen LogP contribution in [-0.2, 0) is 23.7 Å². The largest absolute Gasteiger partial charge is 0.384 e. The molecule has 0 bridgehead atoms. The van der Waals surface area contributed by atoms with Gasteiger partial charge in [-0.25, -0.2) is 19.9 Å². The summed E-state index contributed by atoms with van der Waals surface area (Å²) in [5.41, 5.74) is 9.86. The molecule has 5 aliphatic rings. The number of halogens is 2. The van der Waals surface area contributed by atoms with Crippen molar-refractivity contribution >= 4 is 55.2 Å². The third-order valence-corrected chi connectivity index (χ3v) is 12.7. The fourth-order valence-electron chi connectivity index (χ4n) is 7.23. The zero-order valence-corrected chi connectivity index (χ0v) is 42.1. The molecule has 1 aliphatic carbocycles. The monoisotopic (exact) mass is 1040 g/mol. The summed E-state index contributed by atoms with van der Waals surface area (Å²) in [7, 11) is 0. The second-order valence-electron chi connectivity index (χ2n) is 16.4. The number of ketones is 1. The topological polar surface area (TPSA) is 182 Å². The van der Waals surface area contributed by atoms with Crippen molar-refractivity contribution in [2.75, 3.05) is 116 Å². The Bertz CT molecular complexity index is 1900. The predicted octanol–water partition coefficient (Wildman–Crippen LogP) is 6.77. The molecule has 16 nitrogen and oxygen atoms in total. The zero-order chi connectivity index (χ0) is 47.1. The van der Waals surface area contributed by atoms with Crippen LogP contribution in [0.15, 0.2) is 82.5 Å². The number of ether oxygens (including phenoxy) is 4. The highest BCUT2D eigenvalue weighted by molar-refractivity contribution is 9.10. The average molecular weight is 1040 g/mol. The van der Waals surface area contributed by atoms with E-state index in [1.165, 1.54) is 23.6 Å². The summed E-state index contributed by atoms with van der Waals surface area (Å²) in [4.78, 5) is 46.2. The fraction of sp³-hybridized carbons (Fsp3) is 0.542. The van der Waals surface area contributed by atoms with Crippen LogP contribution in [0.25, 0.3) is 0 Å². The van der Waals surface area contributed by atoms with E-state index in [0.29, 0.717) is 35.3 Å². The molecule has 0 aromatic carbocycles. The van der Waals surface area contributed by atoms with Gasteiger partial charge in [-0.2, -0.15) is 0 Å². The van der Waals surface area contributed by atoms with Gasteiger partial charge in [-0.15, -0.1) is 0 Å². The van der Waals surface area contributed by atoms with Crippen molar-refractivity contribution in [1.82, 2.24) is 40.0 Å². The molecule has 4 aromatic heterocycles. The maximum atomic E-state index is 11.7. The number of aromatic nitrogens is 4. The molecule has 9 rings (SSSR count). The quantitative estimate of drug-likeness (QED) is 0.118. The van der Waals surface area contributed by atoms with E-state index < -0.39 is 0 Å². The summed E-state index contributed by atoms with van der Waals surface area (Å²) in [6.45, 7) is 22.8. The standard InChI is InChI=1S/C15H21N3O2.C11H15BrN2O.C11H17N3O.C7H6BrNO.C4H9NO/c1-11(18-6-8-20-9-7-18)13-4-5-14(16-10-13)17-15(19)12-2-3-12;2*1-9(14-4-6-15-7-5-14)10-2-3-11(12)13-8-10;1-5(10)6-2-3-7(8)9-4-6;1-3-6-4-2-5-1/h4-5,10-12H,2-3,6-9H2,1H3,(H,16,17,19);2-3,8-9H,4-7H2,1H3;2-3,8-9H,4-7H2,1H3,(H2,12,13);2-4H,1H3;5H,1-4H2. The first-order valence-electron chi connectivity index (χ1n) is 22.9. The number of carbonyl (C=O) groups is 2. The van der Waals surface area contributed by atoms with Crippen LogP contribution in [0, 0.1) is 5.92 Å². The Kier molecular flexibility index (Phi) is 23.5. The molecule has 18 heteroatoms. The minimum atomic E-state index is 0.0417. The van der Waals surface area contributed by atoms with Gasteiger partial charge in [-0.3, -0.25) is 24.3 Å². The molecule has 66 heavy (non-hydrogen) atoms. The minimum absolute atomic E-state index is 0.0417. The van der Waals surface area contributed by atoms with Gasteiger partial charge in [0.05, 0.1) is 52.9 Å². The molecule has 4 aliphatic heterocycles. The number of nitrogens with two attached hydrogens (primary N) is 1. The number of rotatable bonds is 9. The van der Waals surface area contributed by atoms with Crippen molar-refractivity contribution in [3.8, 4) is 0 Å². The highest BCUT2D eigenvalue weighted by Gasteiger charge is 2.30. The molecule has 1 amide bonds. The Balaban J connectivity index is 0.000000161. The van der Waals surface area contributed by atoms with Crippen LogP contribution in [-0.4, -0.2) is 152 Å². The maximum Gasteiger partial charge on any atom is 0.228 e. The predicted molar refractivity (Wildman–Crippen MR) is 264 cm³/mol. The van der Waals surface area contributed by atoms with Gasteiger partial charge >= 0.3 is 0 Å². The summed E-state index contributed by atoms with van der Waals surface area (Å²) in [6.07, 6.45) is 9.23. The molecule has 4 aromatic rings. The van der Waals surface area contributed by atoms with E-state index in [4.69, 9.17) is 24.7 Å². The average Bonchev–Trinajstić information content (AvgIpc) is 4.23. The summed E-state index contributed by atoms with van der Waals surface area (Å²) >= 11 is 6.52. The van der Waals surface area contributed by atoms with Crippen LogP contribution < -0.4 is 16.4 Å². The Morgan fingerprint density at radius 2 is 1.03 bits per heavy atom. The molecule has 4 N–H and O–H groups in total. The number of Topliss-reactive ketones (excluding diaryl/α,β-unsaturated/α-hetero) is 1. The van der Waals surface area contributed by atoms with Gasteiger partial charge < -0.3 is 35.3 Å². The van der Waals surface area contributed by atoms with E-state index >= 15 is 0 Å². The van der Waals surface area contributed by atoms with E-state index in [1.54, 1.807) is 18.3 Å². The maximum absolute atomic E-state index is 11.7. The normalized spacial score (nSPS) is 19.2. The molecule has 3 unspecified atom stereocenters. The van der Waals surface area contributed by atoms with Crippen LogP contribution in [0.1, 0.15) is 85.7 Å². The number of nitrogens with zero attached hydrogens (tertiary/aromatic N) is 7. The van der Waals surface area contributed by atoms with E-state index in [2.05, 4.69) is 110 Å². The number of nitrogens with one attached hydrogen (secondary N) is 2. The van der Waals surface area contributed by atoms with Gasteiger partial charge in [-0.05, 0) is 119 Å². The van der Waals surface area contributed by atoms with Gasteiger partial charge in [-0.1, -0.05) is 18.2 Å². The second kappa shape index (κ2) is 29.2. The van der Waals surface area contributed by atoms with E-state index in [9.17, 15) is 9.59 Å². The molecule has 1 saturated carbocycles. The molecule has 0 radical (unpaired) electrons. The van der Waals surface area contributed by atoms with Crippen LogP contribution in [0.2, 0.25) is 0 Å². The number of nitrogen functional groups attached to an aromatic ring is 1. The number of morpholine rings is 4. The van der Waals surface area contributed by atoms with Gasteiger partial charge in [0.15, 0.2) is 5.78 Å². The summed E-state index contributed by atoms with van der Waals surface area (Å²) < 4.78 is 22.7. The van der Waals surface area contributed by atoms with Crippen LogP contribution in [0.4, 0.5) is 11.6 Å². The lowest BCUT2D eigenvalue weighted by molar-refractivity contribution is -0.117. The van der Waals surface area contributed by atoms with E-state index in [0.717, 1.165) is 127 Å². The van der Waals surface area contributed by atoms with Crippen molar-refractivity contribution in [3.63, 3.8) is 0 Å². The van der Waals surface area contributed by atoms with Gasteiger partial charge in [0.25, 0.3) is 0 Å². The molecule has 3 atom stereocenters. The minimum Gasteiger partial charge on any atom is -0.384 e. The molecule has 8 heterocycles. The van der Waals surface area contributed by atoms with E-state index in [-0.39, 0.29) is 17.6 Å². The van der Waals surface area contributed by atoms with Crippen molar-refractivity contribution in [2.24, 2.45) is 5.92 Å². The fourth-order valence-corrected chi connectivity index (χ4v) is 7.69. The Labute approximate surface area is 407 Å². The van der Waals surface area contributed by atoms with Crippen molar-refractivity contribution in [2.45, 2.75) is 58.7 Å². The summed E-state index contributed by atoms with van der Waals surface area (Å²) in [5, 5.41) is 6.03. The van der Waals surface area contributed by atoms with Crippen LogP contribution in [0.3, 0.4) is 0 Å². The Morgan fingerprint density at radius 1 is 0.606 bits per heavy atom. The van der Waals surface area contributed by atoms with Crippen molar-refractivity contribution in [3.05, 3.63) is 105 Å². The number of hydrogen-bond donors (Lipinski definition) is 3. The third-order valence-electron chi connectivity index (χ3n) is 11.8. The lowest BCUT2D eigenvalue weighted by atomic mass is 10.1. The highest BCUT2D eigenvalue weighted by Crippen LogP contribution is 2.30. The van der Waals surface area contributed by atoms with Gasteiger partial charge in [0.2, 0.25) is 5.91 Å². The summed E-state index contributed by atoms with van der Waals surface area (Å²) in [6, 6.07) is 16.6. The first kappa shape index (κ1) is 53.1. The highest BCUT2D eigenvalue weighted by atomic mass is 79.9. The molecule has 5 fully saturated rings. The number of amides is 1. The number of hydrogen-bond acceptors (Lipinski definition) is 15. The molecular formula is C48H68Br2N10O6. The molecule has 4 saturated heterocycles. The first-order valence-corrected chi connectivity index (χ1v) is 24.5. The Hall–Kier alpha value is -3.82. The Morgan fingerprint density at radius 3 is 1.36 bits per heavy atom. The smallest absolute Gasteiger partial charge is 0.228 e. The second-order valence-corrected chi connectivity index (χ2v) is 18.1. The van der Waals surface area contributed by atoms with Gasteiger partial charge in [0, 0.05) is 107 Å². The van der Waals surface area contributed by atoms with Crippen LogP contribution >= 0.6 is 31.9 Å². The number of pyridine rings is 4. The van der Waals surface area contributed by atoms with Gasteiger partial charge in [0.1, 0.15) is 20.8 Å². The molecule has 0 spiro atoms. The first-order chi connectivity index (χ1) is 32.0. The molecule has 360 valence electrons. The van der Waals surface area contributed by atoms with E-state index in [1.807, 2.05) is 42.9 Å². The number of carbonyl (C=O) groups excluding carboxylic acids is 2. The molecular weight excluding hydrogens is 972 g/mol. The van der Waals surface area contributed by atoms with Crippen molar-refractivity contribution in [1.29, 1.82) is 0 Å². The zero-order valence-electron chi connectivity index (χ0n) is 38.9. The van der Waals surface area contributed by atoms with Crippen LogP contribution in [0.5, 0.6) is 0 Å².